The number of aromatic nitrogens is 1. The van der Waals surface area contributed by atoms with E-state index in [1.807, 2.05) is 60.0 Å². The first-order valence-corrected chi connectivity index (χ1v) is 13.3. The van der Waals surface area contributed by atoms with Crippen LogP contribution in [0.1, 0.15) is 44.5 Å². The van der Waals surface area contributed by atoms with Gasteiger partial charge in [-0.15, -0.1) is 0 Å². The third-order valence-electron chi connectivity index (χ3n) is 5.28. The van der Waals surface area contributed by atoms with Gasteiger partial charge in [0.25, 0.3) is 5.91 Å². The quantitative estimate of drug-likeness (QED) is 0.281. The predicted octanol–water partition coefficient (Wildman–Crippen LogP) is 5.49. The molecule has 36 heavy (non-hydrogen) atoms. The highest BCUT2D eigenvalue weighted by Gasteiger charge is 2.25. The Morgan fingerprint density at radius 1 is 0.861 bits per heavy atom. The van der Waals surface area contributed by atoms with Crippen molar-refractivity contribution in [2.75, 3.05) is 58.5 Å². The molecule has 0 aliphatic heterocycles. The van der Waals surface area contributed by atoms with Crippen molar-refractivity contribution in [3.8, 4) is 23.0 Å². The monoisotopic (exact) mass is 515 g/mol. The first kappa shape index (κ1) is 27.5. The third kappa shape index (κ3) is 6.79. The van der Waals surface area contributed by atoms with E-state index in [0.717, 1.165) is 28.9 Å². The number of rotatable bonds is 14. The van der Waals surface area contributed by atoms with Crippen LogP contribution >= 0.6 is 11.3 Å². The Morgan fingerprint density at radius 3 is 2.08 bits per heavy atom. The normalized spacial score (nSPS) is 11.1. The lowest BCUT2D eigenvalue weighted by atomic mass is 10.1. The van der Waals surface area contributed by atoms with Crippen molar-refractivity contribution in [3.05, 3.63) is 35.9 Å². The third-order valence-corrected chi connectivity index (χ3v) is 6.32. The number of carbonyl (C=O) groups is 1. The van der Waals surface area contributed by atoms with E-state index in [4.69, 9.17) is 23.9 Å². The highest BCUT2D eigenvalue weighted by molar-refractivity contribution is 7.22. The van der Waals surface area contributed by atoms with Crippen LogP contribution in [-0.4, -0.2) is 69.4 Å². The van der Waals surface area contributed by atoms with Gasteiger partial charge in [-0.25, -0.2) is 4.98 Å². The average Bonchev–Trinajstić information content (AvgIpc) is 3.26. The number of ether oxygens (including phenoxy) is 4. The number of hydrogen-bond donors (Lipinski definition) is 0. The highest BCUT2D eigenvalue weighted by Crippen LogP contribution is 2.40. The second kappa shape index (κ2) is 13.3. The van der Waals surface area contributed by atoms with Gasteiger partial charge in [-0.2, -0.15) is 0 Å². The summed E-state index contributed by atoms with van der Waals surface area (Å²) in [6.45, 7) is 11.0. The standard InChI is InChI=1S/C27H37N3O5S/c1-7-32-20-12-13-21-24(18-20)36-27(28-21)30(15-11-14-29(5)6)26(31)19-16-22(33-8-2)25(35-10-4)23(17-19)34-9-3/h12-13,16-18H,7-11,14-15H2,1-6H3. The van der Waals surface area contributed by atoms with Gasteiger partial charge >= 0.3 is 0 Å². The molecule has 196 valence electrons. The number of thiazole rings is 1. The molecule has 0 radical (unpaired) electrons. The van der Waals surface area contributed by atoms with Crippen molar-refractivity contribution >= 4 is 32.6 Å². The summed E-state index contributed by atoms with van der Waals surface area (Å²) in [5.74, 6) is 2.13. The van der Waals surface area contributed by atoms with E-state index >= 15 is 0 Å². The molecular formula is C27H37N3O5S. The molecule has 0 aliphatic carbocycles. The summed E-state index contributed by atoms with van der Waals surface area (Å²) in [5, 5.41) is 0.646. The van der Waals surface area contributed by atoms with E-state index in [1.54, 1.807) is 17.0 Å². The zero-order valence-corrected chi connectivity index (χ0v) is 22.9. The lowest BCUT2D eigenvalue weighted by Crippen LogP contribution is -2.33. The van der Waals surface area contributed by atoms with Crippen LogP contribution in [0.5, 0.6) is 23.0 Å². The largest absolute Gasteiger partial charge is 0.494 e. The molecule has 1 heterocycles. The molecule has 1 amide bonds. The molecule has 1 aromatic heterocycles. The second-order valence-corrected chi connectivity index (χ2v) is 9.28. The van der Waals surface area contributed by atoms with E-state index in [1.165, 1.54) is 11.3 Å². The van der Waals surface area contributed by atoms with Gasteiger partial charge in [0.15, 0.2) is 16.6 Å². The Labute approximate surface area is 217 Å². The van der Waals surface area contributed by atoms with E-state index in [-0.39, 0.29) is 5.91 Å². The van der Waals surface area contributed by atoms with E-state index in [2.05, 4.69) is 4.90 Å². The fourth-order valence-corrected chi connectivity index (χ4v) is 4.78. The fourth-order valence-electron chi connectivity index (χ4n) is 3.76. The molecule has 3 rings (SSSR count). The Bertz CT molecular complexity index is 1120. The lowest BCUT2D eigenvalue weighted by Gasteiger charge is -2.22. The summed E-state index contributed by atoms with van der Waals surface area (Å²) in [6.07, 6.45) is 0.798. The maximum absolute atomic E-state index is 14.0. The molecule has 0 atom stereocenters. The summed E-state index contributed by atoms with van der Waals surface area (Å²) >= 11 is 1.48. The number of carbonyl (C=O) groups excluding carboxylic acids is 1. The number of nitrogens with zero attached hydrogens (tertiary/aromatic N) is 3. The first-order valence-electron chi connectivity index (χ1n) is 12.5. The van der Waals surface area contributed by atoms with Crippen LogP contribution in [-0.2, 0) is 0 Å². The van der Waals surface area contributed by atoms with E-state index in [0.29, 0.717) is 60.9 Å². The highest BCUT2D eigenvalue weighted by atomic mass is 32.1. The van der Waals surface area contributed by atoms with Crippen molar-refractivity contribution in [1.29, 1.82) is 0 Å². The van der Waals surface area contributed by atoms with Crippen LogP contribution in [0, 0.1) is 0 Å². The van der Waals surface area contributed by atoms with Crippen LogP contribution in [0.25, 0.3) is 10.2 Å². The molecule has 0 fully saturated rings. The summed E-state index contributed by atoms with van der Waals surface area (Å²) in [6, 6.07) is 9.28. The van der Waals surface area contributed by atoms with Crippen LogP contribution in [0.3, 0.4) is 0 Å². The average molecular weight is 516 g/mol. The minimum absolute atomic E-state index is 0.164. The van der Waals surface area contributed by atoms with Crippen LogP contribution in [0.4, 0.5) is 5.13 Å². The van der Waals surface area contributed by atoms with Crippen molar-refractivity contribution < 1.29 is 23.7 Å². The van der Waals surface area contributed by atoms with E-state index in [9.17, 15) is 4.79 Å². The van der Waals surface area contributed by atoms with Gasteiger partial charge in [-0.05, 0) is 85.1 Å². The molecule has 8 nitrogen and oxygen atoms in total. The maximum Gasteiger partial charge on any atom is 0.260 e. The lowest BCUT2D eigenvalue weighted by molar-refractivity contribution is 0.0985. The Hall–Kier alpha value is -3.04. The summed E-state index contributed by atoms with van der Waals surface area (Å²) in [5.41, 5.74) is 1.30. The molecule has 9 heteroatoms. The van der Waals surface area contributed by atoms with Gasteiger partial charge in [0.05, 0.1) is 36.6 Å². The summed E-state index contributed by atoms with van der Waals surface area (Å²) in [7, 11) is 4.04. The van der Waals surface area contributed by atoms with Gasteiger partial charge in [0.1, 0.15) is 5.75 Å². The molecule has 0 bridgehead atoms. The number of hydrogen-bond acceptors (Lipinski definition) is 8. The minimum Gasteiger partial charge on any atom is -0.494 e. The molecule has 0 N–H and O–H groups in total. The van der Waals surface area contributed by atoms with Gasteiger partial charge in [0, 0.05) is 12.1 Å². The van der Waals surface area contributed by atoms with Crippen molar-refractivity contribution in [2.24, 2.45) is 0 Å². The molecule has 2 aromatic carbocycles. The molecule has 0 unspecified atom stereocenters. The number of anilines is 1. The SMILES string of the molecule is CCOc1ccc2nc(N(CCCN(C)C)C(=O)c3cc(OCC)c(OCC)c(OCC)c3)sc2c1. The first-order chi connectivity index (χ1) is 17.4. The zero-order chi connectivity index (χ0) is 26.1. The molecule has 0 saturated heterocycles. The topological polar surface area (TPSA) is 73.4 Å². The summed E-state index contributed by atoms with van der Waals surface area (Å²) < 4.78 is 24.1. The van der Waals surface area contributed by atoms with E-state index < -0.39 is 0 Å². The Balaban J connectivity index is 2.04. The van der Waals surface area contributed by atoms with Crippen LogP contribution in [0.15, 0.2) is 30.3 Å². The molecule has 3 aromatic rings. The smallest absolute Gasteiger partial charge is 0.260 e. The van der Waals surface area contributed by atoms with Crippen molar-refractivity contribution in [1.82, 2.24) is 9.88 Å². The fraction of sp³-hybridized carbons (Fsp3) is 0.481. The molecule has 0 aliphatic rings. The van der Waals surface area contributed by atoms with Crippen molar-refractivity contribution in [2.45, 2.75) is 34.1 Å². The predicted molar refractivity (Wildman–Crippen MR) is 146 cm³/mol. The van der Waals surface area contributed by atoms with Gasteiger partial charge in [-0.3, -0.25) is 9.69 Å². The Morgan fingerprint density at radius 2 is 1.50 bits per heavy atom. The zero-order valence-electron chi connectivity index (χ0n) is 22.1. The number of benzene rings is 2. The minimum atomic E-state index is -0.164. The molecular weight excluding hydrogens is 478 g/mol. The summed E-state index contributed by atoms with van der Waals surface area (Å²) in [4.78, 5) is 22.6. The van der Waals surface area contributed by atoms with Crippen molar-refractivity contribution in [3.63, 3.8) is 0 Å². The number of fused-ring (bicyclic) bond motifs is 1. The van der Waals surface area contributed by atoms with Gasteiger partial charge in [-0.1, -0.05) is 11.3 Å². The molecule has 0 saturated carbocycles. The second-order valence-electron chi connectivity index (χ2n) is 8.27. The Kier molecular flexibility index (Phi) is 10.2. The maximum atomic E-state index is 14.0. The van der Waals surface area contributed by atoms with Gasteiger partial charge < -0.3 is 23.8 Å². The van der Waals surface area contributed by atoms with Crippen LogP contribution < -0.4 is 23.8 Å². The molecule has 0 spiro atoms. The number of amides is 1. The van der Waals surface area contributed by atoms with Crippen LogP contribution in [0.2, 0.25) is 0 Å². The van der Waals surface area contributed by atoms with Gasteiger partial charge in [0.2, 0.25) is 5.75 Å².